The Morgan fingerprint density at radius 3 is 2.71 bits per heavy atom. The Morgan fingerprint density at radius 1 is 1.19 bits per heavy atom. The van der Waals surface area contributed by atoms with E-state index < -0.39 is 0 Å². The van der Waals surface area contributed by atoms with Crippen LogP contribution in [0.15, 0.2) is 18.2 Å². The van der Waals surface area contributed by atoms with Gasteiger partial charge in [-0.05, 0) is 50.0 Å². The third-order valence-electron chi connectivity index (χ3n) is 4.92. The molecule has 0 saturated carbocycles. The van der Waals surface area contributed by atoms with Crippen LogP contribution < -0.4 is 5.32 Å². The molecule has 0 spiro atoms. The SMILES string of the molecule is Clc1cc(Cl)c2cc(CNC3CN4CCC3CC4)[nH]c2c1. The minimum atomic E-state index is 0.623. The lowest BCUT2D eigenvalue weighted by Gasteiger charge is -2.45. The average Bonchev–Trinajstić information content (AvgIpc) is 2.89. The molecule has 1 unspecified atom stereocenters. The highest BCUT2D eigenvalue weighted by molar-refractivity contribution is 6.38. The number of hydrogen-bond donors (Lipinski definition) is 2. The summed E-state index contributed by atoms with van der Waals surface area (Å²) in [7, 11) is 0. The van der Waals surface area contributed by atoms with Gasteiger partial charge in [0, 0.05) is 40.8 Å². The molecule has 0 amide bonds. The number of H-pyrrole nitrogens is 1. The molecule has 3 nitrogen and oxygen atoms in total. The molecule has 1 aromatic carbocycles. The summed E-state index contributed by atoms with van der Waals surface area (Å²) < 4.78 is 0. The highest BCUT2D eigenvalue weighted by atomic mass is 35.5. The van der Waals surface area contributed by atoms with Gasteiger partial charge in [0.15, 0.2) is 0 Å². The molecule has 1 atom stereocenters. The van der Waals surface area contributed by atoms with E-state index in [1.54, 1.807) is 6.07 Å². The van der Waals surface area contributed by atoms with Crippen LogP contribution in [-0.4, -0.2) is 35.6 Å². The lowest BCUT2D eigenvalue weighted by Crippen LogP contribution is -2.55. The normalized spacial score (nSPS) is 28.4. The lowest BCUT2D eigenvalue weighted by atomic mass is 9.84. The Balaban J connectivity index is 1.49. The molecule has 5 heteroatoms. The summed E-state index contributed by atoms with van der Waals surface area (Å²) in [6, 6.07) is 6.48. The first-order valence-electron chi connectivity index (χ1n) is 7.61. The number of hydrogen-bond acceptors (Lipinski definition) is 2. The molecular weight excluding hydrogens is 305 g/mol. The van der Waals surface area contributed by atoms with E-state index in [1.165, 1.54) is 38.2 Å². The topological polar surface area (TPSA) is 31.1 Å². The molecule has 2 bridgehead atoms. The molecule has 21 heavy (non-hydrogen) atoms. The van der Waals surface area contributed by atoms with Crippen molar-refractivity contribution >= 4 is 34.1 Å². The third-order valence-corrected chi connectivity index (χ3v) is 5.45. The number of nitrogens with zero attached hydrogens (tertiary/aromatic N) is 1. The zero-order valence-electron chi connectivity index (χ0n) is 11.8. The Morgan fingerprint density at radius 2 is 2.00 bits per heavy atom. The summed E-state index contributed by atoms with van der Waals surface area (Å²) in [6.45, 7) is 4.61. The number of rotatable bonds is 3. The van der Waals surface area contributed by atoms with Gasteiger partial charge in [0.1, 0.15) is 0 Å². The maximum Gasteiger partial charge on any atom is 0.0514 e. The van der Waals surface area contributed by atoms with Crippen molar-refractivity contribution in [3.8, 4) is 0 Å². The van der Waals surface area contributed by atoms with Gasteiger partial charge in [-0.1, -0.05) is 23.2 Å². The van der Waals surface area contributed by atoms with Gasteiger partial charge < -0.3 is 15.2 Å². The minimum absolute atomic E-state index is 0.623. The molecule has 4 heterocycles. The second-order valence-electron chi connectivity index (χ2n) is 6.27. The number of benzene rings is 1. The van der Waals surface area contributed by atoms with Gasteiger partial charge >= 0.3 is 0 Å². The van der Waals surface area contributed by atoms with Gasteiger partial charge in [-0.15, -0.1) is 0 Å². The van der Waals surface area contributed by atoms with Crippen LogP contribution in [0, 0.1) is 5.92 Å². The molecule has 1 aromatic heterocycles. The van der Waals surface area contributed by atoms with Gasteiger partial charge in [0.05, 0.1) is 5.02 Å². The standard InChI is InChI=1S/C16H19Cl2N3/c17-11-5-14(18)13-7-12(20-15(13)6-11)8-19-16-9-21-3-1-10(16)2-4-21/h5-7,10,16,19-20H,1-4,8-9H2. The van der Waals surface area contributed by atoms with E-state index in [9.17, 15) is 0 Å². The Kier molecular flexibility index (Phi) is 3.62. The molecule has 3 aliphatic heterocycles. The number of piperidine rings is 3. The third kappa shape index (κ3) is 2.68. The molecule has 2 N–H and O–H groups in total. The fourth-order valence-electron chi connectivity index (χ4n) is 3.75. The van der Waals surface area contributed by atoms with Crippen LogP contribution in [0.2, 0.25) is 10.0 Å². The molecule has 3 aliphatic rings. The minimum Gasteiger partial charge on any atom is -0.357 e. The predicted octanol–water partition coefficient (Wildman–Crippen LogP) is 3.66. The number of aromatic nitrogens is 1. The van der Waals surface area contributed by atoms with Gasteiger partial charge in [0.25, 0.3) is 0 Å². The van der Waals surface area contributed by atoms with E-state index >= 15 is 0 Å². The van der Waals surface area contributed by atoms with Crippen LogP contribution in [0.5, 0.6) is 0 Å². The first kappa shape index (κ1) is 13.9. The van der Waals surface area contributed by atoms with Crippen LogP contribution in [0.1, 0.15) is 18.5 Å². The summed E-state index contributed by atoms with van der Waals surface area (Å²) in [4.78, 5) is 5.98. The first-order chi connectivity index (χ1) is 10.2. The Hall–Kier alpha value is -0.740. The maximum atomic E-state index is 6.24. The summed E-state index contributed by atoms with van der Waals surface area (Å²) in [5.74, 6) is 0.845. The Bertz CT molecular complexity index is 659. The Labute approximate surface area is 134 Å². The monoisotopic (exact) mass is 323 g/mol. The van der Waals surface area contributed by atoms with Crippen LogP contribution >= 0.6 is 23.2 Å². The van der Waals surface area contributed by atoms with Crippen molar-refractivity contribution in [3.05, 3.63) is 33.9 Å². The van der Waals surface area contributed by atoms with E-state index in [0.29, 0.717) is 16.1 Å². The van der Waals surface area contributed by atoms with Crippen molar-refractivity contribution in [2.75, 3.05) is 19.6 Å². The molecule has 0 aliphatic carbocycles. The zero-order valence-corrected chi connectivity index (χ0v) is 13.3. The molecular formula is C16H19Cl2N3. The van der Waals surface area contributed by atoms with Crippen molar-refractivity contribution in [2.45, 2.75) is 25.4 Å². The smallest absolute Gasteiger partial charge is 0.0514 e. The lowest BCUT2D eigenvalue weighted by molar-refractivity contribution is 0.0719. The van der Waals surface area contributed by atoms with Gasteiger partial charge in [-0.2, -0.15) is 0 Å². The maximum absolute atomic E-state index is 6.24. The van der Waals surface area contributed by atoms with E-state index in [2.05, 4.69) is 21.3 Å². The number of halogens is 2. The van der Waals surface area contributed by atoms with Gasteiger partial charge in [0.2, 0.25) is 0 Å². The zero-order chi connectivity index (χ0) is 14.4. The van der Waals surface area contributed by atoms with E-state index in [0.717, 1.165) is 23.4 Å². The van der Waals surface area contributed by atoms with E-state index in [1.807, 2.05) is 6.07 Å². The number of aromatic amines is 1. The molecule has 2 aromatic rings. The fraction of sp³-hybridized carbons (Fsp3) is 0.500. The average molecular weight is 324 g/mol. The molecule has 112 valence electrons. The quantitative estimate of drug-likeness (QED) is 0.903. The van der Waals surface area contributed by atoms with Gasteiger partial charge in [-0.3, -0.25) is 0 Å². The fourth-order valence-corrected chi connectivity index (χ4v) is 4.30. The molecule has 5 rings (SSSR count). The highest BCUT2D eigenvalue weighted by Gasteiger charge is 2.33. The van der Waals surface area contributed by atoms with Crippen molar-refractivity contribution < 1.29 is 0 Å². The van der Waals surface area contributed by atoms with Crippen LogP contribution in [0.3, 0.4) is 0 Å². The van der Waals surface area contributed by atoms with Crippen molar-refractivity contribution in [2.24, 2.45) is 5.92 Å². The van der Waals surface area contributed by atoms with E-state index in [4.69, 9.17) is 23.2 Å². The van der Waals surface area contributed by atoms with Crippen molar-refractivity contribution in [3.63, 3.8) is 0 Å². The molecule has 3 fully saturated rings. The number of fused-ring (bicyclic) bond motifs is 4. The summed E-state index contributed by atoms with van der Waals surface area (Å²) in [6.07, 6.45) is 2.68. The first-order valence-corrected chi connectivity index (χ1v) is 8.37. The van der Waals surface area contributed by atoms with E-state index in [-0.39, 0.29) is 0 Å². The summed E-state index contributed by atoms with van der Waals surface area (Å²) in [5.41, 5.74) is 2.18. The van der Waals surface area contributed by atoms with Crippen molar-refractivity contribution in [1.82, 2.24) is 15.2 Å². The van der Waals surface area contributed by atoms with Crippen LogP contribution in [0.25, 0.3) is 10.9 Å². The second kappa shape index (κ2) is 5.47. The highest BCUT2D eigenvalue weighted by Crippen LogP contribution is 2.30. The molecule has 0 radical (unpaired) electrons. The van der Waals surface area contributed by atoms with Gasteiger partial charge in [-0.25, -0.2) is 0 Å². The summed E-state index contributed by atoms with van der Waals surface area (Å²) >= 11 is 12.3. The van der Waals surface area contributed by atoms with Crippen LogP contribution in [0.4, 0.5) is 0 Å². The second-order valence-corrected chi connectivity index (χ2v) is 7.11. The largest absolute Gasteiger partial charge is 0.357 e. The predicted molar refractivity (Wildman–Crippen MR) is 88.1 cm³/mol. The molecule has 3 saturated heterocycles. The number of nitrogens with one attached hydrogen (secondary N) is 2. The summed E-state index contributed by atoms with van der Waals surface area (Å²) in [5, 5.41) is 6.15. The van der Waals surface area contributed by atoms with Crippen molar-refractivity contribution in [1.29, 1.82) is 0 Å². The van der Waals surface area contributed by atoms with Crippen LogP contribution in [-0.2, 0) is 6.54 Å².